The second-order valence-corrected chi connectivity index (χ2v) is 7.76. The van der Waals surface area contributed by atoms with Crippen molar-refractivity contribution in [2.45, 2.75) is 17.7 Å². The van der Waals surface area contributed by atoms with Crippen molar-refractivity contribution < 1.29 is 8.42 Å². The number of nitrogens with one attached hydrogen (secondary N) is 1. The van der Waals surface area contributed by atoms with Gasteiger partial charge in [-0.3, -0.25) is 0 Å². The molecule has 2 rings (SSSR count). The van der Waals surface area contributed by atoms with Gasteiger partial charge >= 0.3 is 0 Å². The third-order valence-corrected chi connectivity index (χ3v) is 6.03. The Balaban J connectivity index is 2.15. The molecule has 1 N–H and O–H groups in total. The third-order valence-electron chi connectivity index (χ3n) is 3.02. The molecular weight excluding hydrogens is 361 g/mol. The molecule has 1 aliphatic carbocycles. The highest BCUT2D eigenvalue weighted by molar-refractivity contribution is 9.09. The van der Waals surface area contributed by atoms with Crippen molar-refractivity contribution >= 4 is 49.2 Å². The predicted octanol–water partition coefficient (Wildman–Crippen LogP) is 3.45. The van der Waals surface area contributed by atoms with E-state index in [1.807, 2.05) is 0 Å². The van der Waals surface area contributed by atoms with E-state index in [0.717, 1.165) is 18.2 Å². The lowest BCUT2D eigenvalue weighted by Gasteiger charge is -2.13. The Morgan fingerprint density at radius 1 is 1.22 bits per heavy atom. The Morgan fingerprint density at radius 3 is 2.22 bits per heavy atom. The summed E-state index contributed by atoms with van der Waals surface area (Å²) in [6, 6.07) is 4.29. The van der Waals surface area contributed by atoms with Gasteiger partial charge in [-0.15, -0.1) is 0 Å². The highest BCUT2D eigenvalue weighted by Crippen LogP contribution is 2.46. The van der Waals surface area contributed by atoms with Crippen LogP contribution in [-0.2, 0) is 10.0 Å². The van der Waals surface area contributed by atoms with Crippen LogP contribution in [-0.4, -0.2) is 20.3 Å². The SMILES string of the molecule is O=S(=O)(NCC1(CBr)CC1)c1cc(Cl)cc(Cl)c1. The van der Waals surface area contributed by atoms with Crippen LogP contribution in [0.2, 0.25) is 10.0 Å². The highest BCUT2D eigenvalue weighted by atomic mass is 79.9. The number of halogens is 3. The number of alkyl halides is 1. The van der Waals surface area contributed by atoms with E-state index in [1.54, 1.807) is 0 Å². The number of hydrogen-bond acceptors (Lipinski definition) is 2. The zero-order valence-electron chi connectivity index (χ0n) is 9.42. The maximum Gasteiger partial charge on any atom is 0.240 e. The quantitative estimate of drug-likeness (QED) is 0.804. The molecule has 100 valence electrons. The van der Waals surface area contributed by atoms with Crippen LogP contribution in [0, 0.1) is 5.41 Å². The predicted molar refractivity (Wildman–Crippen MR) is 77.1 cm³/mol. The number of benzene rings is 1. The van der Waals surface area contributed by atoms with Gasteiger partial charge in [0.1, 0.15) is 0 Å². The fourth-order valence-electron chi connectivity index (χ4n) is 1.55. The molecule has 3 nitrogen and oxygen atoms in total. The largest absolute Gasteiger partial charge is 0.240 e. The zero-order valence-corrected chi connectivity index (χ0v) is 13.3. The molecular formula is C11H12BrCl2NO2S. The molecule has 0 radical (unpaired) electrons. The summed E-state index contributed by atoms with van der Waals surface area (Å²) in [7, 11) is -3.55. The minimum Gasteiger partial charge on any atom is -0.211 e. The normalized spacial score (nSPS) is 17.7. The van der Waals surface area contributed by atoms with Gasteiger partial charge in [0, 0.05) is 21.9 Å². The lowest BCUT2D eigenvalue weighted by Crippen LogP contribution is -2.31. The third kappa shape index (κ3) is 3.39. The van der Waals surface area contributed by atoms with Crippen molar-refractivity contribution in [1.82, 2.24) is 4.72 Å². The van der Waals surface area contributed by atoms with Crippen LogP contribution >= 0.6 is 39.1 Å². The molecule has 0 heterocycles. The van der Waals surface area contributed by atoms with Gasteiger partial charge in [-0.05, 0) is 36.5 Å². The van der Waals surface area contributed by atoms with Crippen molar-refractivity contribution in [3.8, 4) is 0 Å². The van der Waals surface area contributed by atoms with Crippen molar-refractivity contribution in [2.75, 3.05) is 11.9 Å². The van der Waals surface area contributed by atoms with Crippen molar-refractivity contribution in [3.63, 3.8) is 0 Å². The van der Waals surface area contributed by atoms with Gasteiger partial charge in [0.2, 0.25) is 10.0 Å². The summed E-state index contributed by atoms with van der Waals surface area (Å²) < 4.78 is 26.8. The molecule has 0 bridgehead atoms. The summed E-state index contributed by atoms with van der Waals surface area (Å²) >= 11 is 15.0. The molecule has 0 spiro atoms. The van der Waals surface area contributed by atoms with Crippen molar-refractivity contribution in [2.24, 2.45) is 5.41 Å². The smallest absolute Gasteiger partial charge is 0.211 e. The number of hydrogen-bond donors (Lipinski definition) is 1. The first-order valence-corrected chi connectivity index (χ1v) is 8.75. The second-order valence-electron chi connectivity index (χ2n) is 4.56. The minimum atomic E-state index is -3.55. The molecule has 1 saturated carbocycles. The Bertz CT molecular complexity index is 538. The summed E-state index contributed by atoms with van der Waals surface area (Å²) in [6.45, 7) is 0.435. The van der Waals surface area contributed by atoms with Crippen LogP contribution in [0.4, 0.5) is 0 Å². The number of sulfonamides is 1. The second kappa shape index (κ2) is 5.29. The Hall–Kier alpha value is 0.190. The lowest BCUT2D eigenvalue weighted by molar-refractivity contribution is 0.538. The standard InChI is InChI=1S/C11H12BrCl2NO2S/c12-6-11(1-2-11)7-15-18(16,17)10-4-8(13)3-9(14)5-10/h3-5,15H,1-2,6-7H2. The van der Waals surface area contributed by atoms with E-state index in [9.17, 15) is 8.42 Å². The highest BCUT2D eigenvalue weighted by Gasteiger charge is 2.42. The van der Waals surface area contributed by atoms with Gasteiger partial charge in [0.25, 0.3) is 0 Å². The van der Waals surface area contributed by atoms with E-state index < -0.39 is 10.0 Å². The molecule has 1 fully saturated rings. The van der Waals surface area contributed by atoms with E-state index in [1.165, 1.54) is 18.2 Å². The Morgan fingerprint density at radius 2 is 1.78 bits per heavy atom. The van der Waals surface area contributed by atoms with Gasteiger partial charge in [0.05, 0.1) is 4.90 Å². The first-order chi connectivity index (χ1) is 8.37. The molecule has 0 unspecified atom stereocenters. The maximum absolute atomic E-state index is 12.1. The zero-order chi connectivity index (χ0) is 13.4. The van der Waals surface area contributed by atoms with Crippen LogP contribution < -0.4 is 4.72 Å². The van der Waals surface area contributed by atoms with E-state index in [0.29, 0.717) is 16.6 Å². The Labute approximate surface area is 125 Å². The number of rotatable bonds is 5. The molecule has 1 aromatic carbocycles. The Kier molecular flexibility index (Phi) is 4.29. The molecule has 0 atom stereocenters. The average Bonchev–Trinajstić information content (AvgIpc) is 3.06. The van der Waals surface area contributed by atoms with E-state index in [4.69, 9.17) is 23.2 Å². The first-order valence-electron chi connectivity index (χ1n) is 5.39. The molecule has 0 amide bonds. The molecule has 7 heteroatoms. The van der Waals surface area contributed by atoms with Gasteiger partial charge < -0.3 is 0 Å². The first kappa shape index (κ1) is 14.6. The summed E-state index contributed by atoms with van der Waals surface area (Å²) in [5.74, 6) is 0. The minimum absolute atomic E-state index is 0.0788. The summed E-state index contributed by atoms with van der Waals surface area (Å²) in [5, 5.41) is 1.42. The molecule has 1 aromatic rings. The fourth-order valence-corrected chi connectivity index (χ4v) is 4.19. The summed E-state index contributed by atoms with van der Waals surface area (Å²) in [6.07, 6.45) is 2.08. The van der Waals surface area contributed by atoms with E-state index >= 15 is 0 Å². The fraction of sp³-hybridized carbons (Fsp3) is 0.455. The molecule has 0 aromatic heterocycles. The van der Waals surface area contributed by atoms with E-state index in [2.05, 4.69) is 20.7 Å². The average molecular weight is 373 g/mol. The molecule has 18 heavy (non-hydrogen) atoms. The lowest BCUT2D eigenvalue weighted by atomic mass is 10.1. The van der Waals surface area contributed by atoms with Crippen LogP contribution in [0.1, 0.15) is 12.8 Å². The van der Waals surface area contributed by atoms with Gasteiger partial charge in [-0.25, -0.2) is 13.1 Å². The maximum atomic E-state index is 12.1. The van der Waals surface area contributed by atoms with Crippen molar-refractivity contribution in [1.29, 1.82) is 0 Å². The summed E-state index contributed by atoms with van der Waals surface area (Å²) in [4.78, 5) is 0.102. The van der Waals surface area contributed by atoms with Gasteiger partial charge in [0.15, 0.2) is 0 Å². The van der Waals surface area contributed by atoms with Crippen LogP contribution in [0.25, 0.3) is 0 Å². The monoisotopic (exact) mass is 371 g/mol. The van der Waals surface area contributed by atoms with Crippen LogP contribution in [0.15, 0.2) is 23.1 Å². The van der Waals surface area contributed by atoms with Crippen molar-refractivity contribution in [3.05, 3.63) is 28.2 Å². The topological polar surface area (TPSA) is 46.2 Å². The summed E-state index contributed by atoms with van der Waals surface area (Å²) in [5.41, 5.74) is 0.0788. The molecule has 0 saturated heterocycles. The van der Waals surface area contributed by atoms with E-state index in [-0.39, 0.29) is 10.3 Å². The van der Waals surface area contributed by atoms with Gasteiger partial charge in [-0.1, -0.05) is 39.1 Å². The van der Waals surface area contributed by atoms with Crippen LogP contribution in [0.3, 0.4) is 0 Å². The van der Waals surface area contributed by atoms with Gasteiger partial charge in [-0.2, -0.15) is 0 Å². The molecule has 1 aliphatic rings. The van der Waals surface area contributed by atoms with Crippen LogP contribution in [0.5, 0.6) is 0 Å². The molecule has 0 aliphatic heterocycles.